The second-order valence-corrected chi connectivity index (χ2v) is 9.26. The predicted octanol–water partition coefficient (Wildman–Crippen LogP) is 6.15. The standard InChI is InChI=1S/C28H28N2O5S/c1-3-4-5-6-13-33-22-12-9-18(15-24(22)32-2)26-20-11-10-19(34-28(31)25-8-7-14-36-25)16-23(20)35-27(30)21(26)17-29/h7-12,14-16,26H,3-6,13,30H2,1-2H3. The Balaban J connectivity index is 1.61. The van der Waals surface area contributed by atoms with Gasteiger partial charge in [0.25, 0.3) is 0 Å². The average Bonchev–Trinajstić information content (AvgIpc) is 3.43. The van der Waals surface area contributed by atoms with Crippen molar-refractivity contribution < 1.29 is 23.7 Å². The molecule has 36 heavy (non-hydrogen) atoms. The van der Waals surface area contributed by atoms with Gasteiger partial charge in [-0.2, -0.15) is 5.26 Å². The number of fused-ring (bicyclic) bond motifs is 1. The monoisotopic (exact) mass is 504 g/mol. The van der Waals surface area contributed by atoms with Crippen LogP contribution in [0.4, 0.5) is 0 Å². The third-order valence-electron chi connectivity index (χ3n) is 5.90. The number of rotatable bonds is 10. The first-order chi connectivity index (χ1) is 17.5. The second kappa shape index (κ2) is 11.6. The van der Waals surface area contributed by atoms with Crippen LogP contribution in [0.25, 0.3) is 0 Å². The molecule has 0 fully saturated rings. The number of carbonyl (C=O) groups is 1. The van der Waals surface area contributed by atoms with Crippen LogP contribution in [0.2, 0.25) is 0 Å². The number of allylic oxidation sites excluding steroid dienone is 1. The summed E-state index contributed by atoms with van der Waals surface area (Å²) in [5.74, 6) is 1.05. The van der Waals surface area contributed by atoms with Crippen LogP contribution in [-0.4, -0.2) is 19.7 Å². The first-order valence-electron chi connectivity index (χ1n) is 11.8. The minimum absolute atomic E-state index is 0.00644. The van der Waals surface area contributed by atoms with Crippen LogP contribution in [0.5, 0.6) is 23.0 Å². The lowest BCUT2D eigenvalue weighted by atomic mass is 9.83. The van der Waals surface area contributed by atoms with Crippen molar-refractivity contribution in [3.63, 3.8) is 0 Å². The lowest BCUT2D eigenvalue weighted by Crippen LogP contribution is -2.21. The zero-order chi connectivity index (χ0) is 25.5. The summed E-state index contributed by atoms with van der Waals surface area (Å²) in [7, 11) is 1.59. The summed E-state index contributed by atoms with van der Waals surface area (Å²) in [6, 6.07) is 16.4. The van der Waals surface area contributed by atoms with Gasteiger partial charge in [0.1, 0.15) is 28.0 Å². The van der Waals surface area contributed by atoms with Crippen LogP contribution in [0.1, 0.15) is 59.3 Å². The Kier molecular flexibility index (Phi) is 8.13. The van der Waals surface area contributed by atoms with Crippen LogP contribution < -0.4 is 24.7 Å². The molecule has 0 radical (unpaired) electrons. The molecule has 0 aliphatic carbocycles. The van der Waals surface area contributed by atoms with E-state index in [-0.39, 0.29) is 5.88 Å². The topological polar surface area (TPSA) is 104 Å². The van der Waals surface area contributed by atoms with Crippen LogP contribution in [0.3, 0.4) is 0 Å². The summed E-state index contributed by atoms with van der Waals surface area (Å²) in [6.07, 6.45) is 4.45. The Morgan fingerprint density at radius 3 is 2.72 bits per heavy atom. The first-order valence-corrected chi connectivity index (χ1v) is 12.7. The lowest BCUT2D eigenvalue weighted by Gasteiger charge is -2.27. The van der Waals surface area contributed by atoms with Gasteiger partial charge in [-0.3, -0.25) is 0 Å². The van der Waals surface area contributed by atoms with Gasteiger partial charge in [0, 0.05) is 11.6 Å². The van der Waals surface area contributed by atoms with Crippen molar-refractivity contribution in [2.24, 2.45) is 5.73 Å². The molecule has 4 rings (SSSR count). The average molecular weight is 505 g/mol. The van der Waals surface area contributed by atoms with Crippen molar-refractivity contribution in [2.45, 2.75) is 38.5 Å². The van der Waals surface area contributed by atoms with E-state index in [9.17, 15) is 10.1 Å². The maximum Gasteiger partial charge on any atom is 0.353 e. The molecule has 0 saturated heterocycles. The largest absolute Gasteiger partial charge is 0.493 e. The molecule has 1 atom stereocenters. The first kappa shape index (κ1) is 25.1. The molecule has 1 aromatic heterocycles. The van der Waals surface area contributed by atoms with Gasteiger partial charge in [0.15, 0.2) is 11.5 Å². The zero-order valence-electron chi connectivity index (χ0n) is 20.3. The van der Waals surface area contributed by atoms with Crippen LogP contribution in [0.15, 0.2) is 65.4 Å². The predicted molar refractivity (Wildman–Crippen MR) is 138 cm³/mol. The van der Waals surface area contributed by atoms with Gasteiger partial charge in [0.2, 0.25) is 5.88 Å². The minimum Gasteiger partial charge on any atom is -0.493 e. The molecule has 0 spiro atoms. The molecular weight excluding hydrogens is 476 g/mol. The number of nitrogens with zero attached hydrogens (tertiary/aromatic N) is 1. The molecule has 0 bridgehead atoms. The van der Waals surface area contributed by atoms with E-state index in [1.807, 2.05) is 23.6 Å². The Morgan fingerprint density at radius 1 is 1.14 bits per heavy atom. The zero-order valence-corrected chi connectivity index (χ0v) is 21.1. The highest BCUT2D eigenvalue weighted by Crippen LogP contribution is 2.45. The highest BCUT2D eigenvalue weighted by Gasteiger charge is 2.32. The molecule has 0 amide bonds. The van der Waals surface area contributed by atoms with Gasteiger partial charge >= 0.3 is 5.97 Å². The number of benzene rings is 2. The molecular formula is C28H28N2O5S. The van der Waals surface area contributed by atoms with Crippen LogP contribution in [-0.2, 0) is 0 Å². The van der Waals surface area contributed by atoms with Crippen LogP contribution >= 0.6 is 11.3 Å². The summed E-state index contributed by atoms with van der Waals surface area (Å²) < 4.78 is 22.8. The Hall–Kier alpha value is -3.96. The van der Waals surface area contributed by atoms with Gasteiger partial charge in [-0.05, 0) is 41.6 Å². The quantitative estimate of drug-likeness (QED) is 0.200. The molecule has 3 aromatic rings. The van der Waals surface area contributed by atoms with Crippen LogP contribution in [0, 0.1) is 11.3 Å². The number of hydrogen-bond acceptors (Lipinski definition) is 8. The fourth-order valence-corrected chi connectivity index (χ4v) is 4.69. The number of ether oxygens (including phenoxy) is 4. The van der Waals surface area contributed by atoms with Gasteiger partial charge in [-0.25, -0.2) is 4.79 Å². The number of unbranched alkanes of at least 4 members (excludes halogenated alkanes) is 3. The van der Waals surface area contributed by atoms with E-state index in [1.54, 1.807) is 37.4 Å². The van der Waals surface area contributed by atoms with Crippen molar-refractivity contribution in [3.05, 3.63) is 81.4 Å². The Labute approximate surface area is 214 Å². The normalized spacial score (nSPS) is 14.4. The summed E-state index contributed by atoms with van der Waals surface area (Å²) >= 11 is 1.30. The highest BCUT2D eigenvalue weighted by molar-refractivity contribution is 7.12. The summed E-state index contributed by atoms with van der Waals surface area (Å²) in [5, 5.41) is 11.7. The number of nitriles is 1. The molecule has 8 heteroatoms. The van der Waals surface area contributed by atoms with Gasteiger partial charge < -0.3 is 24.7 Å². The summed E-state index contributed by atoms with van der Waals surface area (Å²) in [6.45, 7) is 2.78. The Bertz CT molecular complexity index is 1290. The molecule has 0 saturated carbocycles. The third kappa shape index (κ3) is 5.47. The van der Waals surface area contributed by atoms with E-state index in [1.165, 1.54) is 24.2 Å². The Morgan fingerprint density at radius 2 is 2.00 bits per heavy atom. The minimum atomic E-state index is -0.478. The maximum atomic E-state index is 12.4. The van der Waals surface area contributed by atoms with Crippen molar-refractivity contribution >= 4 is 17.3 Å². The summed E-state index contributed by atoms with van der Waals surface area (Å²) in [4.78, 5) is 12.9. The fourth-order valence-electron chi connectivity index (χ4n) is 4.09. The van der Waals surface area contributed by atoms with Gasteiger partial charge in [-0.15, -0.1) is 11.3 Å². The van der Waals surface area contributed by atoms with Crippen molar-refractivity contribution in [1.29, 1.82) is 5.26 Å². The molecule has 2 heterocycles. The second-order valence-electron chi connectivity index (χ2n) is 8.31. The van der Waals surface area contributed by atoms with Gasteiger partial charge in [-0.1, -0.05) is 44.4 Å². The van der Waals surface area contributed by atoms with Crippen molar-refractivity contribution in [3.8, 4) is 29.1 Å². The smallest absolute Gasteiger partial charge is 0.353 e. The van der Waals surface area contributed by atoms with Crippen molar-refractivity contribution in [1.82, 2.24) is 0 Å². The van der Waals surface area contributed by atoms with E-state index >= 15 is 0 Å². The molecule has 186 valence electrons. The maximum absolute atomic E-state index is 12.4. The fraction of sp³-hybridized carbons (Fsp3) is 0.286. The van der Waals surface area contributed by atoms with Crippen molar-refractivity contribution in [2.75, 3.05) is 13.7 Å². The van der Waals surface area contributed by atoms with E-state index in [2.05, 4.69) is 13.0 Å². The number of carbonyl (C=O) groups excluding carboxylic acids is 1. The van der Waals surface area contributed by atoms with E-state index in [4.69, 9.17) is 24.7 Å². The molecule has 2 N–H and O–H groups in total. The number of nitrogens with two attached hydrogens (primary N) is 1. The van der Waals surface area contributed by atoms with E-state index in [0.29, 0.717) is 40.1 Å². The molecule has 1 aliphatic rings. The number of thiophene rings is 1. The number of hydrogen-bond donors (Lipinski definition) is 1. The number of methoxy groups -OCH3 is 1. The third-order valence-corrected chi connectivity index (χ3v) is 6.75. The number of esters is 1. The van der Waals surface area contributed by atoms with Gasteiger partial charge in [0.05, 0.1) is 19.6 Å². The summed E-state index contributed by atoms with van der Waals surface area (Å²) in [5.41, 5.74) is 7.96. The molecule has 2 aromatic carbocycles. The van der Waals surface area contributed by atoms with E-state index < -0.39 is 11.9 Å². The SMILES string of the molecule is CCCCCCOc1ccc(C2C(C#N)=C(N)Oc3cc(OC(=O)c4cccs4)ccc32)cc1OC. The molecule has 1 aliphatic heterocycles. The molecule has 7 nitrogen and oxygen atoms in total. The molecule has 1 unspecified atom stereocenters. The lowest BCUT2D eigenvalue weighted by molar-refractivity contribution is 0.0739. The van der Waals surface area contributed by atoms with E-state index in [0.717, 1.165) is 24.0 Å². The highest BCUT2D eigenvalue weighted by atomic mass is 32.1.